The summed E-state index contributed by atoms with van der Waals surface area (Å²) in [5.41, 5.74) is -1.24. The van der Waals surface area contributed by atoms with Gasteiger partial charge in [-0.2, -0.15) is 0 Å². The van der Waals surface area contributed by atoms with Gasteiger partial charge in [0, 0.05) is 25.1 Å². The first-order valence-corrected chi connectivity index (χ1v) is 8.88. The van der Waals surface area contributed by atoms with Crippen molar-refractivity contribution in [2.75, 3.05) is 20.2 Å². The fraction of sp³-hybridized carbons (Fsp3) is 0.400. The Hall–Kier alpha value is -3.16. The van der Waals surface area contributed by atoms with Crippen molar-refractivity contribution in [1.29, 1.82) is 0 Å². The van der Waals surface area contributed by atoms with E-state index in [1.807, 2.05) is 0 Å². The van der Waals surface area contributed by atoms with E-state index < -0.39 is 23.4 Å². The fourth-order valence-electron chi connectivity index (χ4n) is 3.41. The Morgan fingerprint density at radius 1 is 1.25 bits per heavy atom. The van der Waals surface area contributed by atoms with Gasteiger partial charge in [0.15, 0.2) is 0 Å². The molecule has 0 unspecified atom stereocenters. The molecule has 0 spiro atoms. The third-order valence-electron chi connectivity index (χ3n) is 4.89. The summed E-state index contributed by atoms with van der Waals surface area (Å²) in [7, 11) is 1.50. The summed E-state index contributed by atoms with van der Waals surface area (Å²) in [6.07, 6.45) is 0.197. The van der Waals surface area contributed by atoms with Crippen molar-refractivity contribution in [3.05, 3.63) is 42.5 Å². The van der Waals surface area contributed by atoms with Crippen LogP contribution in [0.4, 0.5) is 4.79 Å². The van der Waals surface area contributed by atoms with Crippen LogP contribution in [-0.4, -0.2) is 64.3 Å². The lowest BCUT2D eigenvalue weighted by atomic mass is 9.83. The maximum absolute atomic E-state index is 13.3. The number of methoxy groups -OCH3 is 1. The third-order valence-corrected chi connectivity index (χ3v) is 4.89. The zero-order chi connectivity index (χ0) is 20.9. The minimum atomic E-state index is -1.53. The first kappa shape index (κ1) is 21.1. The van der Waals surface area contributed by atoms with Crippen molar-refractivity contribution in [3.63, 3.8) is 0 Å². The zero-order valence-corrected chi connectivity index (χ0v) is 16.0. The number of nitrogens with zero attached hydrogens (tertiary/aromatic N) is 2. The number of hydrogen-bond acceptors (Lipinski definition) is 5. The predicted molar refractivity (Wildman–Crippen MR) is 101 cm³/mol. The SMILES string of the molecule is C=CC[C@@]1(CCC(C)=O)C(=O)N(C(=O)c2ccc(OC)cc2)CCN1C(=O)O. The molecule has 150 valence electrons. The number of benzene rings is 1. The maximum atomic E-state index is 13.3. The highest BCUT2D eigenvalue weighted by Gasteiger charge is 2.52. The van der Waals surface area contributed by atoms with Crippen molar-refractivity contribution in [2.45, 2.75) is 31.7 Å². The summed E-state index contributed by atoms with van der Waals surface area (Å²) < 4.78 is 5.07. The van der Waals surface area contributed by atoms with Crippen LogP contribution in [-0.2, 0) is 9.59 Å². The van der Waals surface area contributed by atoms with Crippen LogP contribution in [0.5, 0.6) is 5.75 Å². The summed E-state index contributed by atoms with van der Waals surface area (Å²) in [6, 6.07) is 6.31. The third kappa shape index (κ3) is 4.05. The molecule has 8 heteroatoms. The lowest BCUT2D eigenvalue weighted by molar-refractivity contribution is -0.146. The van der Waals surface area contributed by atoms with E-state index in [2.05, 4.69) is 6.58 Å². The number of Topliss-reactive ketones (excluding diaryl/α,β-unsaturated/α-hetero) is 1. The molecule has 1 aliphatic heterocycles. The normalized spacial score (nSPS) is 19.3. The van der Waals surface area contributed by atoms with E-state index in [9.17, 15) is 24.3 Å². The lowest BCUT2D eigenvalue weighted by Gasteiger charge is -2.47. The van der Waals surface area contributed by atoms with Crippen LogP contribution in [0.25, 0.3) is 0 Å². The lowest BCUT2D eigenvalue weighted by Crippen LogP contribution is -2.68. The second kappa shape index (κ2) is 8.69. The standard InChI is InChI=1S/C20H24N2O6/c1-4-10-20(11-9-14(2)23)18(25)21(12-13-22(20)19(26)27)17(24)15-5-7-16(28-3)8-6-15/h4-8H,1,9-13H2,2-3H3,(H,26,27)/t20-/m1/s1. The number of rotatable bonds is 7. The second-order valence-corrected chi connectivity index (χ2v) is 6.65. The van der Waals surface area contributed by atoms with Crippen LogP contribution in [0.1, 0.15) is 36.5 Å². The predicted octanol–water partition coefficient (Wildman–Crippen LogP) is 2.34. The van der Waals surface area contributed by atoms with E-state index >= 15 is 0 Å². The number of piperazine rings is 1. The quantitative estimate of drug-likeness (QED) is 0.568. The average molecular weight is 388 g/mol. The van der Waals surface area contributed by atoms with E-state index in [0.717, 1.165) is 9.80 Å². The molecule has 1 aromatic carbocycles. The van der Waals surface area contributed by atoms with Gasteiger partial charge >= 0.3 is 6.09 Å². The van der Waals surface area contributed by atoms with Gasteiger partial charge in [-0.25, -0.2) is 4.79 Å². The first-order chi connectivity index (χ1) is 13.3. The van der Waals surface area contributed by atoms with Gasteiger partial charge in [0.2, 0.25) is 0 Å². The highest BCUT2D eigenvalue weighted by atomic mass is 16.5. The minimum absolute atomic E-state index is 0.00806. The Labute approximate surface area is 163 Å². The van der Waals surface area contributed by atoms with Crippen LogP contribution in [0.15, 0.2) is 36.9 Å². The smallest absolute Gasteiger partial charge is 0.408 e. The van der Waals surface area contributed by atoms with Crippen molar-refractivity contribution < 1.29 is 29.0 Å². The molecule has 1 atom stereocenters. The van der Waals surface area contributed by atoms with E-state index in [1.54, 1.807) is 24.3 Å². The van der Waals surface area contributed by atoms with Gasteiger partial charge < -0.3 is 14.6 Å². The number of carboxylic acid groups (broad SMARTS) is 1. The molecule has 8 nitrogen and oxygen atoms in total. The largest absolute Gasteiger partial charge is 0.497 e. The molecule has 1 aromatic rings. The Bertz CT molecular complexity index is 788. The highest BCUT2D eigenvalue weighted by Crippen LogP contribution is 2.33. The van der Waals surface area contributed by atoms with Gasteiger partial charge in [-0.3, -0.25) is 19.4 Å². The fourth-order valence-corrected chi connectivity index (χ4v) is 3.41. The summed E-state index contributed by atoms with van der Waals surface area (Å²) in [5.74, 6) is -0.752. The van der Waals surface area contributed by atoms with Crippen molar-refractivity contribution in [1.82, 2.24) is 9.80 Å². The molecule has 1 heterocycles. The van der Waals surface area contributed by atoms with Crippen LogP contribution in [0.3, 0.4) is 0 Å². The minimum Gasteiger partial charge on any atom is -0.497 e. The van der Waals surface area contributed by atoms with Gasteiger partial charge in [-0.15, -0.1) is 6.58 Å². The van der Waals surface area contributed by atoms with E-state index in [0.29, 0.717) is 5.75 Å². The monoisotopic (exact) mass is 388 g/mol. The molecule has 1 saturated heterocycles. The van der Waals surface area contributed by atoms with Crippen LogP contribution in [0.2, 0.25) is 0 Å². The van der Waals surface area contributed by atoms with Gasteiger partial charge in [-0.05, 0) is 44.0 Å². The van der Waals surface area contributed by atoms with Crippen molar-refractivity contribution in [2.24, 2.45) is 0 Å². The molecule has 3 amide bonds. The van der Waals surface area contributed by atoms with Crippen molar-refractivity contribution in [3.8, 4) is 5.75 Å². The summed E-state index contributed by atoms with van der Waals surface area (Å²) in [5, 5.41) is 9.62. The number of carbonyl (C=O) groups excluding carboxylic acids is 3. The van der Waals surface area contributed by atoms with Crippen LogP contribution >= 0.6 is 0 Å². The van der Waals surface area contributed by atoms with E-state index in [1.165, 1.54) is 20.1 Å². The number of hydrogen-bond donors (Lipinski definition) is 1. The molecule has 0 aliphatic carbocycles. The molecular formula is C20H24N2O6. The Morgan fingerprint density at radius 3 is 2.39 bits per heavy atom. The van der Waals surface area contributed by atoms with Gasteiger partial charge in [0.25, 0.3) is 11.8 Å². The molecule has 1 aliphatic rings. The number of ketones is 1. The van der Waals surface area contributed by atoms with Crippen LogP contribution < -0.4 is 4.74 Å². The zero-order valence-electron chi connectivity index (χ0n) is 16.0. The summed E-state index contributed by atoms with van der Waals surface area (Å²) in [4.78, 5) is 51.6. The molecule has 0 aromatic heterocycles. The van der Waals surface area contributed by atoms with Gasteiger partial charge in [0.1, 0.15) is 17.1 Å². The molecular weight excluding hydrogens is 364 g/mol. The summed E-state index contributed by atoms with van der Waals surface area (Å²) in [6.45, 7) is 4.91. The van der Waals surface area contributed by atoms with Crippen LogP contribution in [0, 0.1) is 0 Å². The Kier molecular flexibility index (Phi) is 6.56. The summed E-state index contributed by atoms with van der Waals surface area (Å²) >= 11 is 0. The number of ether oxygens (including phenoxy) is 1. The molecule has 0 radical (unpaired) electrons. The maximum Gasteiger partial charge on any atom is 0.408 e. The molecule has 1 fully saturated rings. The highest BCUT2D eigenvalue weighted by molar-refractivity contribution is 6.08. The molecule has 28 heavy (non-hydrogen) atoms. The number of imide groups is 1. The molecule has 0 saturated carbocycles. The second-order valence-electron chi connectivity index (χ2n) is 6.65. The van der Waals surface area contributed by atoms with Gasteiger partial charge in [-0.1, -0.05) is 6.08 Å². The van der Waals surface area contributed by atoms with E-state index in [-0.39, 0.29) is 43.7 Å². The number of carbonyl (C=O) groups is 4. The molecule has 0 bridgehead atoms. The average Bonchev–Trinajstić information content (AvgIpc) is 2.67. The Balaban J connectivity index is 2.40. The first-order valence-electron chi connectivity index (χ1n) is 8.88. The Morgan fingerprint density at radius 2 is 1.89 bits per heavy atom. The number of amides is 3. The van der Waals surface area contributed by atoms with E-state index in [4.69, 9.17) is 4.74 Å². The van der Waals surface area contributed by atoms with Crippen molar-refractivity contribution >= 4 is 23.7 Å². The topological polar surface area (TPSA) is 104 Å². The van der Waals surface area contributed by atoms with Gasteiger partial charge in [0.05, 0.1) is 7.11 Å². The molecule has 1 N–H and O–H groups in total. The molecule has 2 rings (SSSR count).